The van der Waals surface area contributed by atoms with E-state index in [9.17, 15) is 13.6 Å². The van der Waals surface area contributed by atoms with Crippen LogP contribution in [0.15, 0.2) is 28.7 Å². The van der Waals surface area contributed by atoms with Crippen LogP contribution in [0.1, 0.15) is 43.6 Å². The summed E-state index contributed by atoms with van der Waals surface area (Å²) >= 11 is 0. The number of fused-ring (bicyclic) bond motifs is 1. The molecule has 2 aliphatic heterocycles. The highest BCUT2D eigenvalue weighted by Gasteiger charge is 2.73. The molecule has 1 aromatic carbocycles. The van der Waals surface area contributed by atoms with Gasteiger partial charge in [0.1, 0.15) is 18.4 Å². The Bertz CT molecular complexity index is 965. The standard InChI is InChI=1S/C21H24F2N4O3/c1-2-15(18(28)27-8-7-20(12-27)11-21(20,22)23)24-19-26-25-17(30-19)14-9-13-5-3-4-6-16(13)29-10-14/h3-6,14-15H,2,7-12H2,1H3,(H,24,26)/t14-,15-,20-/m0/s1. The van der Waals surface area contributed by atoms with E-state index in [1.54, 1.807) is 0 Å². The van der Waals surface area contributed by atoms with E-state index in [1.165, 1.54) is 4.90 Å². The number of alkyl halides is 2. The molecule has 1 aliphatic carbocycles. The van der Waals surface area contributed by atoms with E-state index in [1.807, 2.05) is 31.2 Å². The number of carbonyl (C=O) groups is 1. The van der Waals surface area contributed by atoms with E-state index < -0.39 is 17.4 Å². The number of nitrogens with one attached hydrogen (secondary N) is 1. The van der Waals surface area contributed by atoms with Crippen molar-refractivity contribution in [3.63, 3.8) is 0 Å². The maximum Gasteiger partial charge on any atom is 0.316 e. The van der Waals surface area contributed by atoms with Gasteiger partial charge in [-0.15, -0.1) is 5.10 Å². The van der Waals surface area contributed by atoms with Crippen molar-refractivity contribution in [2.75, 3.05) is 25.0 Å². The summed E-state index contributed by atoms with van der Waals surface area (Å²) in [6.07, 6.45) is 1.46. The Morgan fingerprint density at radius 1 is 1.37 bits per heavy atom. The van der Waals surface area contributed by atoms with Crippen LogP contribution in [-0.4, -0.2) is 52.7 Å². The molecule has 0 radical (unpaired) electrons. The van der Waals surface area contributed by atoms with Crippen molar-refractivity contribution in [1.29, 1.82) is 0 Å². The molecule has 0 bridgehead atoms. The van der Waals surface area contributed by atoms with Crippen molar-refractivity contribution in [1.82, 2.24) is 15.1 Å². The van der Waals surface area contributed by atoms with E-state index in [0.717, 1.165) is 17.7 Å². The molecule has 7 nitrogen and oxygen atoms in total. The van der Waals surface area contributed by atoms with Crippen molar-refractivity contribution in [3.05, 3.63) is 35.7 Å². The van der Waals surface area contributed by atoms with Crippen LogP contribution in [-0.2, 0) is 11.2 Å². The van der Waals surface area contributed by atoms with Crippen molar-refractivity contribution >= 4 is 11.9 Å². The maximum absolute atomic E-state index is 13.6. The first-order valence-corrected chi connectivity index (χ1v) is 10.4. The topological polar surface area (TPSA) is 80.5 Å². The van der Waals surface area contributed by atoms with Crippen molar-refractivity contribution in [2.24, 2.45) is 5.41 Å². The molecule has 3 atom stereocenters. The summed E-state index contributed by atoms with van der Waals surface area (Å²) in [5.41, 5.74) is 0.0819. The monoisotopic (exact) mass is 418 g/mol. The number of amides is 1. The Balaban J connectivity index is 1.23. The molecular formula is C21H24F2N4O3. The Kier molecular flexibility index (Phi) is 4.44. The molecule has 9 heteroatoms. The van der Waals surface area contributed by atoms with Crippen LogP contribution >= 0.6 is 0 Å². The van der Waals surface area contributed by atoms with Crippen LogP contribution in [0, 0.1) is 5.41 Å². The van der Waals surface area contributed by atoms with Gasteiger partial charge in [-0.1, -0.05) is 30.2 Å². The molecule has 1 N–H and O–H groups in total. The van der Waals surface area contributed by atoms with Gasteiger partial charge in [0.05, 0.1) is 11.3 Å². The first-order valence-electron chi connectivity index (χ1n) is 10.4. The molecule has 1 spiro atoms. The molecule has 1 amide bonds. The number of likely N-dealkylation sites (tertiary alicyclic amines) is 1. The number of ether oxygens (including phenoxy) is 1. The van der Waals surface area contributed by atoms with Gasteiger partial charge in [-0.2, -0.15) is 0 Å². The molecule has 1 saturated heterocycles. The zero-order valence-corrected chi connectivity index (χ0v) is 16.7. The Hall–Kier alpha value is -2.71. The zero-order valence-electron chi connectivity index (χ0n) is 16.7. The molecular weight excluding hydrogens is 394 g/mol. The van der Waals surface area contributed by atoms with Crippen LogP contribution < -0.4 is 10.1 Å². The summed E-state index contributed by atoms with van der Waals surface area (Å²) in [5, 5.41) is 11.2. The number of anilines is 1. The third-order valence-corrected chi connectivity index (χ3v) is 6.55. The van der Waals surface area contributed by atoms with Crippen molar-refractivity contribution in [2.45, 2.75) is 50.5 Å². The number of hydrogen-bond donors (Lipinski definition) is 1. The highest BCUT2D eigenvalue weighted by atomic mass is 19.3. The molecule has 30 heavy (non-hydrogen) atoms. The first kappa shape index (κ1) is 19.3. The van der Waals surface area contributed by atoms with E-state index in [-0.39, 0.29) is 30.8 Å². The number of para-hydroxylation sites is 1. The maximum atomic E-state index is 13.6. The second kappa shape index (κ2) is 6.92. The summed E-state index contributed by atoms with van der Waals surface area (Å²) in [6.45, 7) is 2.78. The van der Waals surface area contributed by atoms with Gasteiger partial charge in [-0.3, -0.25) is 4.79 Å². The summed E-state index contributed by atoms with van der Waals surface area (Å²) in [7, 11) is 0. The number of aromatic nitrogens is 2. The molecule has 0 unspecified atom stereocenters. The second-order valence-corrected chi connectivity index (χ2v) is 8.54. The van der Waals surface area contributed by atoms with Gasteiger partial charge < -0.3 is 19.4 Å². The fourth-order valence-electron chi connectivity index (χ4n) is 4.54. The third-order valence-electron chi connectivity index (χ3n) is 6.55. The van der Waals surface area contributed by atoms with Gasteiger partial charge in [-0.05, 0) is 30.9 Å². The lowest BCUT2D eigenvalue weighted by Gasteiger charge is -2.23. The van der Waals surface area contributed by atoms with Crippen LogP contribution in [0.5, 0.6) is 5.75 Å². The average Bonchev–Trinajstić information content (AvgIpc) is 3.14. The van der Waals surface area contributed by atoms with Crippen molar-refractivity contribution in [3.8, 4) is 5.75 Å². The molecule has 2 fully saturated rings. The zero-order chi connectivity index (χ0) is 20.9. The predicted molar refractivity (Wildman–Crippen MR) is 104 cm³/mol. The average molecular weight is 418 g/mol. The summed E-state index contributed by atoms with van der Waals surface area (Å²) in [5.74, 6) is -1.58. The van der Waals surface area contributed by atoms with Gasteiger partial charge in [-0.25, -0.2) is 8.78 Å². The third kappa shape index (κ3) is 3.20. The van der Waals surface area contributed by atoms with Gasteiger partial charge in [0.2, 0.25) is 11.8 Å². The fraction of sp³-hybridized carbons (Fsp3) is 0.571. The van der Waals surface area contributed by atoms with Crippen LogP contribution in [0.2, 0.25) is 0 Å². The number of rotatable bonds is 5. The quantitative estimate of drug-likeness (QED) is 0.803. The van der Waals surface area contributed by atoms with Crippen LogP contribution in [0.4, 0.5) is 14.8 Å². The molecule has 1 aromatic heterocycles. The molecule has 2 aromatic rings. The Labute approximate surface area is 172 Å². The number of carbonyl (C=O) groups excluding carboxylic acids is 1. The summed E-state index contributed by atoms with van der Waals surface area (Å²) < 4.78 is 38.8. The molecule has 3 aliphatic rings. The minimum Gasteiger partial charge on any atom is -0.492 e. The molecule has 5 rings (SSSR count). The lowest BCUT2D eigenvalue weighted by molar-refractivity contribution is -0.131. The lowest BCUT2D eigenvalue weighted by Crippen LogP contribution is -2.42. The second-order valence-electron chi connectivity index (χ2n) is 8.54. The molecule has 1 saturated carbocycles. The van der Waals surface area contributed by atoms with Gasteiger partial charge in [0.25, 0.3) is 5.92 Å². The predicted octanol–water partition coefficient (Wildman–Crippen LogP) is 3.24. The normalized spacial score (nSPS) is 27.4. The van der Waals surface area contributed by atoms with Crippen LogP contribution in [0.3, 0.4) is 0 Å². The fourth-order valence-corrected chi connectivity index (χ4v) is 4.54. The Morgan fingerprint density at radius 3 is 2.90 bits per heavy atom. The number of halogens is 2. The minimum absolute atomic E-state index is 0.0609. The van der Waals surface area contributed by atoms with Gasteiger partial charge >= 0.3 is 6.01 Å². The summed E-state index contributed by atoms with van der Waals surface area (Å²) in [4.78, 5) is 14.4. The van der Waals surface area contributed by atoms with E-state index >= 15 is 0 Å². The highest BCUT2D eigenvalue weighted by molar-refractivity contribution is 5.84. The van der Waals surface area contributed by atoms with Crippen LogP contribution in [0.25, 0.3) is 0 Å². The number of nitrogens with zero attached hydrogens (tertiary/aromatic N) is 3. The highest BCUT2D eigenvalue weighted by Crippen LogP contribution is 2.65. The first-order chi connectivity index (χ1) is 14.4. The largest absolute Gasteiger partial charge is 0.492 e. The van der Waals surface area contributed by atoms with E-state index in [2.05, 4.69) is 15.5 Å². The van der Waals surface area contributed by atoms with E-state index in [4.69, 9.17) is 9.15 Å². The summed E-state index contributed by atoms with van der Waals surface area (Å²) in [6, 6.07) is 7.41. The minimum atomic E-state index is -2.64. The Morgan fingerprint density at radius 2 is 2.17 bits per heavy atom. The SMILES string of the molecule is CC[C@H](Nc1nnc([C@@H]2COc3ccccc3C2)o1)C(=O)N1CC[C@@]2(C1)CC2(F)F. The van der Waals surface area contributed by atoms with E-state index in [0.29, 0.717) is 31.9 Å². The smallest absolute Gasteiger partial charge is 0.316 e. The number of benzene rings is 1. The lowest BCUT2D eigenvalue weighted by atomic mass is 9.97. The number of hydrogen-bond acceptors (Lipinski definition) is 6. The van der Waals surface area contributed by atoms with Crippen molar-refractivity contribution < 1.29 is 22.7 Å². The molecule has 160 valence electrons. The van der Waals surface area contributed by atoms with Gasteiger partial charge in [0.15, 0.2) is 0 Å². The molecule has 3 heterocycles. The van der Waals surface area contributed by atoms with Gasteiger partial charge in [0, 0.05) is 19.5 Å².